The summed E-state index contributed by atoms with van der Waals surface area (Å²) in [4.78, 5) is 13.9. The van der Waals surface area contributed by atoms with Gasteiger partial charge in [-0.05, 0) is 43.1 Å². The van der Waals surface area contributed by atoms with E-state index in [1.54, 1.807) is 11.0 Å². The van der Waals surface area contributed by atoms with Crippen molar-refractivity contribution in [1.82, 2.24) is 10.2 Å². The van der Waals surface area contributed by atoms with Crippen LogP contribution in [0.3, 0.4) is 0 Å². The molecule has 0 bridgehead atoms. The lowest BCUT2D eigenvalue weighted by atomic mass is 10.0. The van der Waals surface area contributed by atoms with Gasteiger partial charge in [0.1, 0.15) is 6.10 Å². The third kappa shape index (κ3) is 5.38. The first-order valence-electron chi connectivity index (χ1n) is 8.99. The van der Waals surface area contributed by atoms with Crippen LogP contribution in [0.4, 0.5) is 4.79 Å². The third-order valence-electron chi connectivity index (χ3n) is 4.10. The number of carbonyl (C=O) groups excluding carboxylic acids is 1. The number of nitrogens with zero attached hydrogens (tertiary/aromatic N) is 1. The van der Waals surface area contributed by atoms with Crippen molar-refractivity contribution in [3.05, 3.63) is 84.3 Å². The Morgan fingerprint density at radius 2 is 2.27 bits per heavy atom. The Labute approximate surface area is 156 Å². The summed E-state index contributed by atoms with van der Waals surface area (Å²) in [6.45, 7) is 12.7. The summed E-state index contributed by atoms with van der Waals surface area (Å²) in [7, 11) is 0. The van der Waals surface area contributed by atoms with Crippen LogP contribution in [0.5, 0.6) is 0 Å². The maximum atomic E-state index is 12.2. The molecule has 0 spiro atoms. The molecule has 0 radical (unpaired) electrons. The molecule has 26 heavy (non-hydrogen) atoms. The van der Waals surface area contributed by atoms with Gasteiger partial charge < -0.3 is 10.1 Å². The average molecular weight is 352 g/mol. The van der Waals surface area contributed by atoms with Gasteiger partial charge in [0, 0.05) is 11.4 Å². The summed E-state index contributed by atoms with van der Waals surface area (Å²) < 4.78 is 5.44. The summed E-state index contributed by atoms with van der Waals surface area (Å²) in [5.74, 6) is 0. The molecule has 0 aromatic carbocycles. The number of carbonyl (C=O) groups is 1. The maximum Gasteiger partial charge on any atom is 0.414 e. The molecule has 1 saturated heterocycles. The first-order valence-corrected chi connectivity index (χ1v) is 8.99. The molecule has 0 aromatic rings. The molecule has 4 nitrogen and oxygen atoms in total. The molecule has 0 saturated carbocycles. The number of amides is 1. The van der Waals surface area contributed by atoms with Crippen molar-refractivity contribution < 1.29 is 9.53 Å². The van der Waals surface area contributed by atoms with Crippen LogP contribution < -0.4 is 5.32 Å². The molecule has 4 heteroatoms. The Balaban J connectivity index is 2.14. The zero-order valence-electron chi connectivity index (χ0n) is 15.7. The monoisotopic (exact) mass is 352 g/mol. The fourth-order valence-corrected chi connectivity index (χ4v) is 2.78. The lowest BCUT2D eigenvalue weighted by molar-refractivity contribution is 0.135. The van der Waals surface area contributed by atoms with Gasteiger partial charge in [-0.1, -0.05) is 56.5 Å². The molecule has 2 rings (SSSR count). The predicted octanol–water partition coefficient (Wildman–Crippen LogP) is 4.78. The third-order valence-corrected chi connectivity index (χ3v) is 4.10. The van der Waals surface area contributed by atoms with Crippen LogP contribution >= 0.6 is 0 Å². The molecule has 0 aromatic heterocycles. The summed E-state index contributed by atoms with van der Waals surface area (Å²) in [5, 5.41) is 3.13. The van der Waals surface area contributed by atoms with Crippen LogP contribution in [0.2, 0.25) is 0 Å². The highest BCUT2D eigenvalue weighted by molar-refractivity contribution is 5.73. The van der Waals surface area contributed by atoms with Crippen molar-refractivity contribution >= 4 is 6.09 Å². The zero-order chi connectivity index (χ0) is 18.9. The van der Waals surface area contributed by atoms with Gasteiger partial charge in [-0.2, -0.15) is 0 Å². The minimum atomic E-state index is -0.306. The van der Waals surface area contributed by atoms with Crippen LogP contribution in [0, 0.1) is 0 Å². The van der Waals surface area contributed by atoms with Gasteiger partial charge in [-0.3, -0.25) is 4.90 Å². The van der Waals surface area contributed by atoms with Gasteiger partial charge in [-0.15, -0.1) is 0 Å². The van der Waals surface area contributed by atoms with E-state index in [1.165, 1.54) is 5.57 Å². The number of hydrogen-bond acceptors (Lipinski definition) is 3. The summed E-state index contributed by atoms with van der Waals surface area (Å²) in [5.41, 5.74) is 4.04. The van der Waals surface area contributed by atoms with Crippen LogP contribution in [0.25, 0.3) is 0 Å². The molecule has 1 N–H and O–H groups in total. The predicted molar refractivity (Wildman–Crippen MR) is 107 cm³/mol. The van der Waals surface area contributed by atoms with Crippen molar-refractivity contribution in [2.75, 3.05) is 13.1 Å². The number of allylic oxidation sites excluding steroid dienone is 11. The van der Waals surface area contributed by atoms with E-state index in [-0.39, 0.29) is 12.2 Å². The van der Waals surface area contributed by atoms with E-state index >= 15 is 0 Å². The van der Waals surface area contributed by atoms with Crippen molar-refractivity contribution in [3.63, 3.8) is 0 Å². The van der Waals surface area contributed by atoms with Gasteiger partial charge >= 0.3 is 6.09 Å². The van der Waals surface area contributed by atoms with Crippen LogP contribution in [-0.4, -0.2) is 30.2 Å². The van der Waals surface area contributed by atoms with E-state index < -0.39 is 0 Å². The smallest absolute Gasteiger partial charge is 0.414 e. The Morgan fingerprint density at radius 3 is 2.96 bits per heavy atom. The highest BCUT2D eigenvalue weighted by atomic mass is 16.6. The highest BCUT2D eigenvalue weighted by Crippen LogP contribution is 2.24. The summed E-state index contributed by atoms with van der Waals surface area (Å²) in [6.07, 6.45) is 17.5. The number of nitrogens with one attached hydrogen (secondary N) is 1. The summed E-state index contributed by atoms with van der Waals surface area (Å²) in [6, 6.07) is 0. The molecule has 1 atom stereocenters. The van der Waals surface area contributed by atoms with Gasteiger partial charge in [0.25, 0.3) is 0 Å². The molecule has 1 amide bonds. The minimum absolute atomic E-state index is 0.177. The van der Waals surface area contributed by atoms with E-state index in [0.717, 1.165) is 29.8 Å². The van der Waals surface area contributed by atoms with Crippen molar-refractivity contribution in [2.45, 2.75) is 32.8 Å². The quantitative estimate of drug-likeness (QED) is 0.639. The van der Waals surface area contributed by atoms with Crippen LogP contribution in [0.1, 0.15) is 26.7 Å². The lowest BCUT2D eigenvalue weighted by Crippen LogP contribution is -2.29. The normalized spacial score (nSPS) is 20.5. The largest absolute Gasteiger partial charge is 0.442 e. The Hall–Kier alpha value is -2.75. The average Bonchev–Trinajstić information content (AvgIpc) is 2.82. The number of hydrogen-bond donors (Lipinski definition) is 1. The molecule has 1 unspecified atom stereocenters. The van der Waals surface area contributed by atoms with E-state index in [0.29, 0.717) is 13.1 Å². The van der Waals surface area contributed by atoms with Crippen molar-refractivity contribution in [3.8, 4) is 0 Å². The van der Waals surface area contributed by atoms with Gasteiger partial charge in [0.05, 0.1) is 13.1 Å². The second-order valence-corrected chi connectivity index (χ2v) is 6.34. The second-order valence-electron chi connectivity index (χ2n) is 6.34. The standard InChI is InChI=1S/C22H28N2O2/c1-5-7-10-18(9-6-2)19-11-8-12-20(14-13-19)24-16-21(26-22(24)25)15-23-17(3)4/h6-10,12-14,21,23H,2-3,5,11,15-16H2,1,4H3/b10-7-,18-9+. The molecule has 2 aliphatic rings. The first-order chi connectivity index (χ1) is 12.5. The Morgan fingerprint density at radius 1 is 1.46 bits per heavy atom. The number of cyclic esters (lactones) is 1. The van der Waals surface area contributed by atoms with Crippen molar-refractivity contribution in [2.24, 2.45) is 0 Å². The van der Waals surface area contributed by atoms with Crippen LogP contribution in [-0.2, 0) is 4.74 Å². The molecular formula is C22H28N2O2. The van der Waals surface area contributed by atoms with Gasteiger partial charge in [0.2, 0.25) is 0 Å². The van der Waals surface area contributed by atoms with Crippen LogP contribution in [0.15, 0.2) is 84.3 Å². The zero-order valence-corrected chi connectivity index (χ0v) is 15.7. The highest BCUT2D eigenvalue weighted by Gasteiger charge is 2.32. The summed E-state index contributed by atoms with van der Waals surface area (Å²) >= 11 is 0. The lowest BCUT2D eigenvalue weighted by Gasteiger charge is -2.13. The minimum Gasteiger partial charge on any atom is -0.442 e. The second kappa shape index (κ2) is 9.66. The fourth-order valence-electron chi connectivity index (χ4n) is 2.78. The Bertz CT molecular complexity index is 708. The van der Waals surface area contributed by atoms with E-state index in [1.807, 2.05) is 25.2 Å². The number of rotatable bonds is 8. The molecule has 1 aliphatic heterocycles. The van der Waals surface area contributed by atoms with E-state index in [4.69, 9.17) is 4.74 Å². The molecular weight excluding hydrogens is 324 g/mol. The topological polar surface area (TPSA) is 41.6 Å². The van der Waals surface area contributed by atoms with E-state index in [2.05, 4.69) is 49.7 Å². The fraction of sp³-hybridized carbons (Fsp3) is 0.318. The molecule has 1 heterocycles. The SMILES string of the molecule is C=C/C=C(\C=C/CC)C1=CC=C(N2CC(CNC(=C)C)OC2=O)C=CC1. The van der Waals surface area contributed by atoms with Gasteiger partial charge in [0.15, 0.2) is 0 Å². The van der Waals surface area contributed by atoms with E-state index in [9.17, 15) is 4.79 Å². The molecule has 1 aliphatic carbocycles. The molecule has 138 valence electrons. The van der Waals surface area contributed by atoms with Crippen molar-refractivity contribution in [1.29, 1.82) is 0 Å². The first kappa shape index (κ1) is 19.6. The van der Waals surface area contributed by atoms with Gasteiger partial charge in [-0.25, -0.2) is 4.79 Å². The Kier molecular flexibility index (Phi) is 7.27. The molecule has 1 fully saturated rings. The number of ether oxygens (including phenoxy) is 1. The maximum absolute atomic E-state index is 12.2.